The summed E-state index contributed by atoms with van der Waals surface area (Å²) < 4.78 is 0. The topological polar surface area (TPSA) is 3.24 Å². The summed E-state index contributed by atoms with van der Waals surface area (Å²) in [6, 6.07) is 0. The molecule has 0 heterocycles. The van der Waals surface area contributed by atoms with E-state index in [1.807, 2.05) is 26.0 Å². The van der Waals surface area contributed by atoms with Crippen molar-refractivity contribution in [2.24, 2.45) is 0 Å². The van der Waals surface area contributed by atoms with Crippen LogP contribution in [0.1, 0.15) is 96.8 Å². The Bertz CT molecular complexity index is 126. The van der Waals surface area contributed by atoms with Gasteiger partial charge in [-0.05, 0) is 21.1 Å². The maximum Gasteiger partial charge on any atom is -0.0140 e. The summed E-state index contributed by atoms with van der Waals surface area (Å²) in [6.45, 7) is 6.16. The molecule has 0 spiro atoms. The molecule has 0 rings (SSSR count). The van der Waals surface area contributed by atoms with Crippen LogP contribution in [0.15, 0.2) is 0 Å². The Kier molecular flexibility index (Phi) is 23.6. The van der Waals surface area contributed by atoms with Crippen molar-refractivity contribution < 1.29 is 0 Å². The Hall–Kier alpha value is -0.0400. The minimum absolute atomic E-state index is 1.12. The molecule has 0 aromatic carbocycles. The molecule has 123 valence electrons. The van der Waals surface area contributed by atoms with Crippen LogP contribution in [0.3, 0.4) is 0 Å². The third-order valence-corrected chi connectivity index (χ3v) is 3.35. The highest BCUT2D eigenvalue weighted by Gasteiger charge is 1.92. The predicted octanol–water partition coefficient (Wildman–Crippen LogP) is 6.48. The Morgan fingerprint density at radius 2 is 0.800 bits per heavy atom. The zero-order valence-corrected chi connectivity index (χ0v) is 15.1. The minimum atomic E-state index is 1.12. The van der Waals surface area contributed by atoms with Crippen molar-refractivity contribution in [2.75, 3.05) is 21.1 Å². The summed E-state index contributed by atoms with van der Waals surface area (Å²) in [4.78, 5) is 2.00. The van der Waals surface area contributed by atoms with Gasteiger partial charge < -0.3 is 4.90 Å². The van der Waals surface area contributed by atoms with Crippen molar-refractivity contribution in [1.29, 1.82) is 0 Å². The maximum atomic E-state index is 3.87. The van der Waals surface area contributed by atoms with Crippen molar-refractivity contribution >= 4 is 0 Å². The summed E-state index contributed by atoms with van der Waals surface area (Å²) in [5.74, 6) is 0. The fraction of sp³-hybridized carbons (Fsp3) is 0.947. The van der Waals surface area contributed by atoms with Crippen molar-refractivity contribution in [3.05, 3.63) is 6.92 Å². The van der Waals surface area contributed by atoms with Crippen LogP contribution in [-0.2, 0) is 0 Å². The van der Waals surface area contributed by atoms with E-state index in [0.29, 0.717) is 0 Å². The second-order valence-corrected chi connectivity index (χ2v) is 6.44. The molecule has 1 heteroatoms. The van der Waals surface area contributed by atoms with Gasteiger partial charge in [0.2, 0.25) is 0 Å². The molecule has 0 fully saturated rings. The second-order valence-electron chi connectivity index (χ2n) is 6.44. The van der Waals surface area contributed by atoms with Gasteiger partial charge in [-0.1, -0.05) is 104 Å². The molecule has 0 aromatic heterocycles. The second kappa shape index (κ2) is 21.3. The number of nitrogens with zero attached hydrogens (tertiary/aromatic N) is 1. The van der Waals surface area contributed by atoms with E-state index >= 15 is 0 Å². The maximum absolute atomic E-state index is 3.87. The molecule has 0 bridgehead atoms. The fourth-order valence-electron chi connectivity index (χ4n) is 2.19. The molecule has 0 amide bonds. The number of rotatable bonds is 13. The normalized spacial score (nSPS) is 10.5. The van der Waals surface area contributed by atoms with Gasteiger partial charge in [-0.2, -0.15) is 0 Å². The first-order chi connectivity index (χ1) is 9.65. The predicted molar refractivity (Wildman–Crippen MR) is 95.3 cm³/mol. The van der Waals surface area contributed by atoms with Crippen molar-refractivity contribution in [3.8, 4) is 0 Å². The van der Waals surface area contributed by atoms with Crippen LogP contribution in [0.4, 0.5) is 0 Å². The monoisotopic (exact) mass is 284 g/mol. The summed E-state index contributed by atoms with van der Waals surface area (Å²) in [6.07, 6.45) is 19.8. The van der Waals surface area contributed by atoms with Gasteiger partial charge in [-0.15, -0.1) is 0 Å². The Labute approximate surface area is 130 Å². The van der Waals surface area contributed by atoms with E-state index in [4.69, 9.17) is 0 Å². The van der Waals surface area contributed by atoms with E-state index in [0.717, 1.165) is 6.42 Å². The van der Waals surface area contributed by atoms with Crippen LogP contribution in [0.2, 0.25) is 0 Å². The van der Waals surface area contributed by atoms with Crippen molar-refractivity contribution in [1.82, 2.24) is 4.90 Å². The minimum Gasteiger partial charge on any atom is -0.312 e. The third-order valence-electron chi connectivity index (χ3n) is 3.35. The van der Waals surface area contributed by atoms with Gasteiger partial charge in [0.15, 0.2) is 0 Å². The Balaban J connectivity index is 0. The zero-order valence-electron chi connectivity index (χ0n) is 15.1. The van der Waals surface area contributed by atoms with E-state index in [2.05, 4.69) is 13.8 Å². The fourth-order valence-corrected chi connectivity index (χ4v) is 2.19. The highest BCUT2D eigenvalue weighted by atomic mass is 15.0. The van der Waals surface area contributed by atoms with Gasteiger partial charge >= 0.3 is 0 Å². The van der Waals surface area contributed by atoms with E-state index in [9.17, 15) is 0 Å². The lowest BCUT2D eigenvalue weighted by Gasteiger charge is -2.02. The quantitative estimate of drug-likeness (QED) is 0.350. The zero-order chi connectivity index (χ0) is 15.5. The molecular formula is C19H42N. The molecule has 20 heavy (non-hydrogen) atoms. The molecule has 0 saturated carbocycles. The highest BCUT2D eigenvalue weighted by Crippen LogP contribution is 2.12. The molecule has 1 radical (unpaired) electrons. The number of hydrogen-bond acceptors (Lipinski definition) is 1. The van der Waals surface area contributed by atoms with Crippen LogP contribution in [0.25, 0.3) is 0 Å². The van der Waals surface area contributed by atoms with Gasteiger partial charge in [0, 0.05) is 0 Å². The van der Waals surface area contributed by atoms with Crippen LogP contribution in [-0.4, -0.2) is 26.0 Å². The van der Waals surface area contributed by atoms with Gasteiger partial charge in [0.1, 0.15) is 0 Å². The molecule has 0 saturated heterocycles. The molecule has 0 aliphatic carbocycles. The highest BCUT2D eigenvalue weighted by molar-refractivity contribution is 4.49. The van der Waals surface area contributed by atoms with E-state index < -0.39 is 0 Å². The van der Waals surface area contributed by atoms with Gasteiger partial charge in [0.25, 0.3) is 0 Å². The van der Waals surface area contributed by atoms with Crippen LogP contribution >= 0.6 is 0 Å². The molecule has 1 nitrogen and oxygen atoms in total. The molecular weight excluding hydrogens is 242 g/mol. The lowest BCUT2D eigenvalue weighted by Crippen LogP contribution is -1.99. The molecule has 0 unspecified atom stereocenters. The lowest BCUT2D eigenvalue weighted by molar-refractivity contribution is 0.505. The van der Waals surface area contributed by atoms with Crippen LogP contribution < -0.4 is 0 Å². The van der Waals surface area contributed by atoms with Gasteiger partial charge in [-0.25, -0.2) is 0 Å². The van der Waals surface area contributed by atoms with Crippen LogP contribution in [0.5, 0.6) is 0 Å². The number of hydrogen-bond donors (Lipinski definition) is 0. The SMILES string of the molecule is CN(C)C.[CH2]CCCCCCCCCCCCCCC. The molecule has 0 aliphatic heterocycles. The molecule has 0 aliphatic rings. The summed E-state index contributed by atoms with van der Waals surface area (Å²) in [5.41, 5.74) is 0. The van der Waals surface area contributed by atoms with Gasteiger partial charge in [-0.3, -0.25) is 0 Å². The average molecular weight is 285 g/mol. The van der Waals surface area contributed by atoms with E-state index in [1.165, 1.54) is 83.5 Å². The summed E-state index contributed by atoms with van der Waals surface area (Å²) in [5, 5.41) is 0. The molecule has 0 atom stereocenters. The summed E-state index contributed by atoms with van der Waals surface area (Å²) >= 11 is 0. The van der Waals surface area contributed by atoms with E-state index in [-0.39, 0.29) is 0 Å². The molecule has 0 aromatic rings. The Morgan fingerprint density at radius 3 is 1.05 bits per heavy atom. The van der Waals surface area contributed by atoms with Crippen molar-refractivity contribution in [3.63, 3.8) is 0 Å². The Morgan fingerprint density at radius 1 is 0.550 bits per heavy atom. The first-order valence-electron chi connectivity index (χ1n) is 9.05. The third kappa shape index (κ3) is 30.8. The molecule has 0 N–H and O–H groups in total. The van der Waals surface area contributed by atoms with Gasteiger partial charge in [0.05, 0.1) is 0 Å². The smallest absolute Gasteiger partial charge is 0.0140 e. The largest absolute Gasteiger partial charge is 0.312 e. The lowest BCUT2D eigenvalue weighted by atomic mass is 10.0. The van der Waals surface area contributed by atoms with E-state index in [1.54, 1.807) is 0 Å². The van der Waals surface area contributed by atoms with Crippen LogP contribution in [0, 0.1) is 6.92 Å². The van der Waals surface area contributed by atoms with Crippen molar-refractivity contribution in [2.45, 2.75) is 96.8 Å². The average Bonchev–Trinajstić information content (AvgIpc) is 2.39. The summed E-state index contributed by atoms with van der Waals surface area (Å²) in [7, 11) is 6.00. The first-order valence-corrected chi connectivity index (χ1v) is 9.05. The number of unbranched alkanes of at least 4 members (excludes halogenated alkanes) is 13. The standard InChI is InChI=1S/C16H33.C3H9N/c1-3-5-7-9-11-13-15-16-14-12-10-8-6-4-2;1-4(2)3/h1,3-16H2,2H3;1-3H3. The first kappa shape index (κ1) is 22.2.